The highest BCUT2D eigenvalue weighted by Gasteiger charge is 2.26. The molecular formula is C26H25F4N5O2. The number of nitrogens with zero attached hydrogens (tertiary/aromatic N) is 4. The number of ether oxygens (including phenoxy) is 2. The van der Waals surface area contributed by atoms with E-state index in [2.05, 4.69) is 20.3 Å². The topological polar surface area (TPSA) is 72.4 Å². The first-order valence-electron chi connectivity index (χ1n) is 11.4. The van der Waals surface area contributed by atoms with E-state index in [1.807, 2.05) is 29.2 Å². The van der Waals surface area contributed by atoms with Gasteiger partial charge in [-0.25, -0.2) is 9.97 Å². The second-order valence-electron chi connectivity index (χ2n) is 8.16. The molecule has 0 amide bonds. The number of anilines is 2. The van der Waals surface area contributed by atoms with Gasteiger partial charge in [0.15, 0.2) is 0 Å². The Bertz CT molecular complexity index is 1340. The SMILES string of the molecule is COc1cc(OC)cc(N(CCCNCC(F)(F)F)c2ccc3ncc(-c4ccnc(F)c4)nc3c2)c1. The van der Waals surface area contributed by atoms with Crippen LogP contribution >= 0.6 is 0 Å². The van der Waals surface area contributed by atoms with Crippen LogP contribution in [0.2, 0.25) is 0 Å². The van der Waals surface area contributed by atoms with Crippen molar-refractivity contribution < 1.29 is 27.0 Å². The Morgan fingerprint density at radius 3 is 2.32 bits per heavy atom. The lowest BCUT2D eigenvalue weighted by atomic mass is 10.1. The monoisotopic (exact) mass is 515 g/mol. The summed E-state index contributed by atoms with van der Waals surface area (Å²) in [6.07, 6.45) is -0.923. The van der Waals surface area contributed by atoms with Crippen LogP contribution in [-0.2, 0) is 0 Å². The Labute approximate surface area is 211 Å². The number of fused-ring (bicyclic) bond motifs is 1. The number of alkyl halides is 3. The summed E-state index contributed by atoms with van der Waals surface area (Å²) in [6.45, 7) is -0.485. The zero-order chi connectivity index (χ0) is 26.4. The number of hydrogen-bond acceptors (Lipinski definition) is 7. The molecule has 194 valence electrons. The molecule has 0 saturated carbocycles. The molecular weight excluding hydrogens is 490 g/mol. The van der Waals surface area contributed by atoms with Crippen LogP contribution in [0.4, 0.5) is 28.9 Å². The van der Waals surface area contributed by atoms with E-state index < -0.39 is 18.7 Å². The number of benzene rings is 2. The third-order valence-corrected chi connectivity index (χ3v) is 5.57. The van der Waals surface area contributed by atoms with Gasteiger partial charge in [-0.3, -0.25) is 4.98 Å². The fourth-order valence-electron chi connectivity index (χ4n) is 3.82. The van der Waals surface area contributed by atoms with Crippen molar-refractivity contribution in [2.75, 3.05) is 38.8 Å². The van der Waals surface area contributed by atoms with E-state index in [1.54, 1.807) is 38.6 Å². The predicted octanol–water partition coefficient (Wildman–Crippen LogP) is 5.53. The van der Waals surface area contributed by atoms with E-state index in [-0.39, 0.29) is 6.54 Å². The molecule has 0 aliphatic carbocycles. The van der Waals surface area contributed by atoms with Gasteiger partial charge < -0.3 is 19.7 Å². The molecule has 2 heterocycles. The van der Waals surface area contributed by atoms with E-state index in [0.717, 1.165) is 11.4 Å². The molecule has 2 aromatic heterocycles. The fraction of sp³-hybridized carbons (Fsp3) is 0.269. The second kappa shape index (κ2) is 11.4. The van der Waals surface area contributed by atoms with E-state index >= 15 is 0 Å². The lowest BCUT2D eigenvalue weighted by Gasteiger charge is -2.26. The third-order valence-electron chi connectivity index (χ3n) is 5.57. The van der Waals surface area contributed by atoms with Crippen LogP contribution in [0.15, 0.2) is 60.9 Å². The Morgan fingerprint density at radius 1 is 0.892 bits per heavy atom. The van der Waals surface area contributed by atoms with Gasteiger partial charge in [-0.2, -0.15) is 17.6 Å². The Morgan fingerprint density at radius 2 is 1.65 bits per heavy atom. The quantitative estimate of drug-likeness (QED) is 0.169. The van der Waals surface area contributed by atoms with Crippen molar-refractivity contribution in [1.82, 2.24) is 20.3 Å². The summed E-state index contributed by atoms with van der Waals surface area (Å²) in [5, 5.41) is 2.43. The minimum absolute atomic E-state index is 0.169. The normalized spacial score (nSPS) is 11.5. The van der Waals surface area contributed by atoms with Gasteiger partial charge in [-0.05, 0) is 37.2 Å². The Hall–Kier alpha value is -3.99. The van der Waals surface area contributed by atoms with Crippen LogP contribution in [0.25, 0.3) is 22.3 Å². The van der Waals surface area contributed by atoms with Crippen molar-refractivity contribution in [3.05, 3.63) is 66.9 Å². The minimum atomic E-state index is -4.27. The number of nitrogens with one attached hydrogen (secondary N) is 1. The van der Waals surface area contributed by atoms with Crippen molar-refractivity contribution in [3.63, 3.8) is 0 Å². The molecule has 11 heteroatoms. The van der Waals surface area contributed by atoms with Crippen LogP contribution in [0.1, 0.15) is 6.42 Å². The molecule has 1 N–H and O–H groups in total. The Kier molecular flexibility index (Phi) is 8.02. The molecule has 0 aliphatic rings. The number of aromatic nitrogens is 3. The van der Waals surface area contributed by atoms with Crippen LogP contribution in [0.3, 0.4) is 0 Å². The van der Waals surface area contributed by atoms with Crippen LogP contribution in [-0.4, -0.2) is 55.0 Å². The zero-order valence-electron chi connectivity index (χ0n) is 20.2. The van der Waals surface area contributed by atoms with Crippen LogP contribution < -0.4 is 19.7 Å². The van der Waals surface area contributed by atoms with Gasteiger partial charge in [0.05, 0.1) is 43.7 Å². The van der Waals surface area contributed by atoms with Crippen molar-refractivity contribution in [1.29, 1.82) is 0 Å². The average molecular weight is 516 g/mol. The number of halogens is 4. The van der Waals surface area contributed by atoms with Crippen molar-refractivity contribution >= 4 is 22.4 Å². The maximum atomic E-state index is 13.6. The highest BCUT2D eigenvalue weighted by atomic mass is 19.4. The first-order chi connectivity index (χ1) is 17.8. The smallest absolute Gasteiger partial charge is 0.401 e. The summed E-state index contributed by atoms with van der Waals surface area (Å²) in [5.41, 5.74) is 3.70. The Balaban J connectivity index is 1.68. The zero-order valence-corrected chi connectivity index (χ0v) is 20.2. The second-order valence-corrected chi connectivity index (χ2v) is 8.16. The molecule has 0 radical (unpaired) electrons. The summed E-state index contributed by atoms with van der Waals surface area (Å²) < 4.78 is 62.0. The van der Waals surface area contributed by atoms with Gasteiger partial charge >= 0.3 is 6.18 Å². The molecule has 7 nitrogen and oxygen atoms in total. The first-order valence-corrected chi connectivity index (χ1v) is 11.4. The van der Waals surface area contributed by atoms with E-state index in [9.17, 15) is 17.6 Å². The molecule has 4 rings (SSSR count). The first kappa shape index (κ1) is 26.1. The number of pyridine rings is 1. The lowest BCUT2D eigenvalue weighted by Crippen LogP contribution is -2.31. The molecule has 0 saturated heterocycles. The fourth-order valence-corrected chi connectivity index (χ4v) is 3.82. The van der Waals surface area contributed by atoms with Gasteiger partial charge in [0.25, 0.3) is 0 Å². The van der Waals surface area contributed by atoms with Crippen molar-refractivity contribution in [2.24, 2.45) is 0 Å². The average Bonchev–Trinajstić information content (AvgIpc) is 2.89. The number of hydrogen-bond donors (Lipinski definition) is 1. The van der Waals surface area contributed by atoms with Gasteiger partial charge in [0.1, 0.15) is 11.5 Å². The van der Waals surface area contributed by atoms with Gasteiger partial charge in [-0.15, -0.1) is 0 Å². The van der Waals surface area contributed by atoms with Gasteiger partial charge in [0, 0.05) is 53.9 Å². The number of rotatable bonds is 10. The molecule has 0 fully saturated rings. The summed E-state index contributed by atoms with van der Waals surface area (Å²) in [7, 11) is 3.08. The summed E-state index contributed by atoms with van der Waals surface area (Å²) in [4.78, 5) is 14.6. The summed E-state index contributed by atoms with van der Waals surface area (Å²) >= 11 is 0. The van der Waals surface area contributed by atoms with Gasteiger partial charge in [-0.1, -0.05) is 0 Å². The van der Waals surface area contributed by atoms with Crippen molar-refractivity contribution in [2.45, 2.75) is 12.6 Å². The van der Waals surface area contributed by atoms with Crippen LogP contribution in [0.5, 0.6) is 11.5 Å². The molecule has 0 bridgehead atoms. The van der Waals surface area contributed by atoms with E-state index in [4.69, 9.17) is 9.47 Å². The minimum Gasteiger partial charge on any atom is -0.497 e. The molecule has 4 aromatic rings. The summed E-state index contributed by atoms with van der Waals surface area (Å²) in [6, 6.07) is 13.8. The standard InChI is InChI=1S/C26H25F4N5O2/c1-36-20-11-19(12-21(14-20)37-2)35(9-3-7-31-16-26(28,29)30)18-4-5-22-23(13-18)34-24(15-33-22)17-6-8-32-25(27)10-17/h4-6,8,10-15,31H,3,7,9,16H2,1-2H3. The molecule has 0 aliphatic heterocycles. The molecule has 0 atom stereocenters. The molecule has 0 spiro atoms. The molecule has 2 aromatic carbocycles. The number of methoxy groups -OCH3 is 2. The largest absolute Gasteiger partial charge is 0.497 e. The van der Waals surface area contributed by atoms with E-state index in [1.165, 1.54) is 12.3 Å². The van der Waals surface area contributed by atoms with Crippen LogP contribution in [0, 0.1) is 5.95 Å². The van der Waals surface area contributed by atoms with Gasteiger partial charge in [0.2, 0.25) is 5.95 Å². The predicted molar refractivity (Wildman–Crippen MR) is 133 cm³/mol. The molecule has 37 heavy (non-hydrogen) atoms. The highest BCUT2D eigenvalue weighted by Crippen LogP contribution is 2.34. The highest BCUT2D eigenvalue weighted by molar-refractivity contribution is 5.82. The maximum Gasteiger partial charge on any atom is 0.401 e. The third kappa shape index (κ3) is 6.82. The lowest BCUT2D eigenvalue weighted by molar-refractivity contribution is -0.124. The van der Waals surface area contributed by atoms with Crippen molar-refractivity contribution in [3.8, 4) is 22.8 Å². The van der Waals surface area contributed by atoms with E-state index in [0.29, 0.717) is 46.8 Å². The maximum absolute atomic E-state index is 13.6. The molecule has 0 unspecified atom stereocenters. The summed E-state index contributed by atoms with van der Waals surface area (Å²) in [5.74, 6) is 0.514.